The third-order valence-electron chi connectivity index (χ3n) is 7.30. The van der Waals surface area contributed by atoms with Gasteiger partial charge in [-0.15, -0.1) is 0 Å². The van der Waals surface area contributed by atoms with Crippen molar-refractivity contribution in [3.05, 3.63) is 102 Å². The van der Waals surface area contributed by atoms with Crippen LogP contribution >= 0.6 is 12.2 Å². The molecule has 0 spiro atoms. The molecule has 1 N–H and O–H groups in total. The van der Waals surface area contributed by atoms with Crippen molar-refractivity contribution in [2.45, 2.75) is 43.9 Å². The van der Waals surface area contributed by atoms with Crippen molar-refractivity contribution in [3.8, 4) is 17.1 Å². The minimum atomic E-state index is -0.393. The first-order valence-corrected chi connectivity index (χ1v) is 13.6. The molecule has 8 heteroatoms. The highest BCUT2D eigenvalue weighted by Gasteiger charge is 2.42. The van der Waals surface area contributed by atoms with E-state index < -0.39 is 5.97 Å². The SMILES string of the molecule is COC(=O)c1cccc(-c2ccc([C@H]3[C@H](c4ccccn4)NC(=S)N3c3ccc(OC4CCCC4)cc3)o2)c1. The normalized spacial score (nSPS) is 19.2. The standard InChI is InChI=1S/C31H29N3O4S/c1-36-30(35)21-8-6-7-20(19-21)26-16-17-27(38-26)29-28(25-11-4-5-18-32-25)33-31(39)34(29)22-12-14-24(15-13-22)37-23-9-2-3-10-23/h4-8,11-19,23,28-29H,2-3,9-10H2,1H3,(H,33,39)/t28-,29-/m0/s1. The number of thiocarbonyl (C=S) groups is 1. The van der Waals surface area contributed by atoms with Gasteiger partial charge in [-0.3, -0.25) is 4.98 Å². The molecule has 198 valence electrons. The fourth-order valence-electron chi connectivity index (χ4n) is 5.39. The summed E-state index contributed by atoms with van der Waals surface area (Å²) in [4.78, 5) is 18.8. The fraction of sp³-hybridized carbons (Fsp3) is 0.258. The van der Waals surface area contributed by atoms with Gasteiger partial charge < -0.3 is 24.1 Å². The zero-order valence-corrected chi connectivity index (χ0v) is 22.4. The average molecular weight is 540 g/mol. The van der Waals surface area contributed by atoms with E-state index in [1.165, 1.54) is 20.0 Å². The van der Waals surface area contributed by atoms with Crippen molar-refractivity contribution in [2.75, 3.05) is 12.0 Å². The number of nitrogens with one attached hydrogen (secondary N) is 1. The number of carbonyl (C=O) groups is 1. The van der Waals surface area contributed by atoms with E-state index in [1.54, 1.807) is 18.3 Å². The lowest BCUT2D eigenvalue weighted by molar-refractivity contribution is 0.0600. The lowest BCUT2D eigenvalue weighted by Crippen LogP contribution is -2.29. The maximum atomic E-state index is 12.1. The summed E-state index contributed by atoms with van der Waals surface area (Å²) in [6, 6.07) is 24.5. The summed E-state index contributed by atoms with van der Waals surface area (Å²) in [7, 11) is 1.37. The Morgan fingerprint density at radius 3 is 2.59 bits per heavy atom. The molecule has 2 fully saturated rings. The van der Waals surface area contributed by atoms with Gasteiger partial charge >= 0.3 is 5.97 Å². The Kier molecular flexibility index (Phi) is 7.02. The van der Waals surface area contributed by atoms with E-state index in [9.17, 15) is 4.79 Å². The Balaban J connectivity index is 1.34. The average Bonchev–Trinajstić information content (AvgIpc) is 3.74. The Labute approximate surface area is 232 Å². The number of hydrogen-bond acceptors (Lipinski definition) is 6. The second kappa shape index (κ2) is 10.9. The molecule has 0 amide bonds. The number of rotatable bonds is 7. The van der Waals surface area contributed by atoms with Gasteiger partial charge in [0.05, 0.1) is 30.5 Å². The molecule has 2 aliphatic rings. The smallest absolute Gasteiger partial charge is 0.337 e. The molecule has 2 aromatic carbocycles. The molecule has 3 heterocycles. The lowest BCUT2D eigenvalue weighted by atomic mass is 10.0. The number of nitrogens with zero attached hydrogens (tertiary/aromatic N) is 2. The molecule has 2 aromatic heterocycles. The first-order chi connectivity index (χ1) is 19.1. The van der Waals surface area contributed by atoms with Crippen LogP contribution in [0, 0.1) is 0 Å². The van der Waals surface area contributed by atoms with Gasteiger partial charge in [-0.1, -0.05) is 18.2 Å². The fourth-order valence-corrected chi connectivity index (χ4v) is 5.74. The highest BCUT2D eigenvalue weighted by molar-refractivity contribution is 7.80. The van der Waals surface area contributed by atoms with Gasteiger partial charge in [-0.25, -0.2) is 4.79 Å². The van der Waals surface area contributed by atoms with Gasteiger partial charge in [-0.05, 0) is 98.6 Å². The van der Waals surface area contributed by atoms with E-state index in [0.29, 0.717) is 22.5 Å². The monoisotopic (exact) mass is 539 g/mol. The zero-order valence-electron chi connectivity index (χ0n) is 21.6. The molecule has 1 aliphatic carbocycles. The van der Waals surface area contributed by atoms with E-state index >= 15 is 0 Å². The van der Waals surface area contributed by atoms with Crippen LogP contribution in [0.4, 0.5) is 5.69 Å². The van der Waals surface area contributed by atoms with Gasteiger partial charge in [0.15, 0.2) is 5.11 Å². The number of pyridine rings is 1. The summed E-state index contributed by atoms with van der Waals surface area (Å²) >= 11 is 5.85. The van der Waals surface area contributed by atoms with E-state index in [-0.39, 0.29) is 12.1 Å². The third kappa shape index (κ3) is 5.12. The number of carbonyl (C=O) groups excluding carboxylic acids is 1. The largest absolute Gasteiger partial charge is 0.490 e. The van der Waals surface area contributed by atoms with Crippen molar-refractivity contribution in [3.63, 3.8) is 0 Å². The van der Waals surface area contributed by atoms with Crippen molar-refractivity contribution in [1.82, 2.24) is 10.3 Å². The van der Waals surface area contributed by atoms with Crippen LogP contribution in [0.25, 0.3) is 11.3 Å². The van der Waals surface area contributed by atoms with Crippen LogP contribution in [0.3, 0.4) is 0 Å². The van der Waals surface area contributed by atoms with Crippen molar-refractivity contribution >= 4 is 29.0 Å². The Morgan fingerprint density at radius 2 is 1.85 bits per heavy atom. The van der Waals surface area contributed by atoms with Crippen molar-refractivity contribution in [2.24, 2.45) is 0 Å². The summed E-state index contributed by atoms with van der Waals surface area (Å²) in [5, 5.41) is 4.05. The molecule has 4 aromatic rings. The Hall–Kier alpha value is -4.17. The van der Waals surface area contributed by atoms with Crippen LogP contribution in [-0.4, -0.2) is 29.3 Å². The number of esters is 1. The van der Waals surface area contributed by atoms with Crippen LogP contribution in [0.5, 0.6) is 5.75 Å². The van der Waals surface area contributed by atoms with Gasteiger partial charge in [0, 0.05) is 17.4 Å². The number of hydrogen-bond donors (Lipinski definition) is 1. The molecular formula is C31H29N3O4S. The molecule has 2 atom stereocenters. The van der Waals surface area contributed by atoms with Gasteiger partial charge in [-0.2, -0.15) is 0 Å². The summed E-state index contributed by atoms with van der Waals surface area (Å²) in [6.07, 6.45) is 6.75. The zero-order chi connectivity index (χ0) is 26.8. The topological polar surface area (TPSA) is 76.8 Å². The van der Waals surface area contributed by atoms with Crippen LogP contribution in [-0.2, 0) is 4.74 Å². The summed E-state index contributed by atoms with van der Waals surface area (Å²) in [5.41, 5.74) is 3.04. The molecule has 1 aliphatic heterocycles. The van der Waals surface area contributed by atoms with Crippen molar-refractivity contribution < 1.29 is 18.7 Å². The predicted molar refractivity (Wildman–Crippen MR) is 153 cm³/mol. The number of furan rings is 1. The number of aromatic nitrogens is 1. The predicted octanol–water partition coefficient (Wildman–Crippen LogP) is 6.63. The third-order valence-corrected chi connectivity index (χ3v) is 7.62. The first-order valence-electron chi connectivity index (χ1n) is 13.2. The molecule has 0 unspecified atom stereocenters. The van der Waals surface area contributed by atoms with E-state index in [1.807, 2.05) is 66.7 Å². The molecule has 7 nitrogen and oxygen atoms in total. The molecule has 1 saturated heterocycles. The molecule has 0 radical (unpaired) electrons. The maximum Gasteiger partial charge on any atom is 0.337 e. The van der Waals surface area contributed by atoms with Gasteiger partial charge in [0.1, 0.15) is 23.3 Å². The first kappa shape index (κ1) is 25.1. The highest BCUT2D eigenvalue weighted by Crippen LogP contribution is 2.43. The highest BCUT2D eigenvalue weighted by atomic mass is 32.1. The molecule has 1 saturated carbocycles. The van der Waals surface area contributed by atoms with E-state index in [4.69, 9.17) is 26.1 Å². The quantitative estimate of drug-likeness (QED) is 0.207. The van der Waals surface area contributed by atoms with E-state index in [2.05, 4.69) is 15.2 Å². The van der Waals surface area contributed by atoms with Gasteiger partial charge in [0.25, 0.3) is 0 Å². The molecule has 39 heavy (non-hydrogen) atoms. The second-order valence-corrected chi connectivity index (χ2v) is 10.2. The Bertz CT molecular complexity index is 1460. The van der Waals surface area contributed by atoms with Gasteiger partial charge in [0.2, 0.25) is 0 Å². The summed E-state index contributed by atoms with van der Waals surface area (Å²) < 4.78 is 17.5. The van der Waals surface area contributed by atoms with Crippen LogP contribution < -0.4 is 15.0 Å². The number of anilines is 1. The lowest BCUT2D eigenvalue weighted by Gasteiger charge is -2.26. The molecule has 6 rings (SSSR count). The van der Waals surface area contributed by atoms with Crippen molar-refractivity contribution in [1.29, 1.82) is 0 Å². The van der Waals surface area contributed by atoms with Crippen LogP contribution in [0.2, 0.25) is 0 Å². The summed E-state index contributed by atoms with van der Waals surface area (Å²) in [5.74, 6) is 1.85. The summed E-state index contributed by atoms with van der Waals surface area (Å²) in [6.45, 7) is 0. The molecular weight excluding hydrogens is 510 g/mol. The number of ether oxygens (including phenoxy) is 2. The number of benzene rings is 2. The minimum Gasteiger partial charge on any atom is -0.490 e. The number of methoxy groups -OCH3 is 1. The van der Waals surface area contributed by atoms with Crippen LogP contribution in [0.15, 0.2) is 89.5 Å². The second-order valence-electron chi connectivity index (χ2n) is 9.79. The molecule has 0 bridgehead atoms. The Morgan fingerprint density at radius 1 is 1.03 bits per heavy atom. The maximum absolute atomic E-state index is 12.1. The minimum absolute atomic E-state index is 0.228. The van der Waals surface area contributed by atoms with E-state index in [0.717, 1.165) is 41.3 Å². The van der Waals surface area contributed by atoms with Crippen LogP contribution in [0.1, 0.15) is 59.6 Å².